The van der Waals surface area contributed by atoms with E-state index in [0.29, 0.717) is 29.5 Å². The Balaban J connectivity index is 3.12. The molecule has 0 bridgehead atoms. The molecule has 0 unspecified atom stereocenters. The number of carbonyl (C=O) groups excluding carboxylic acids is 2. The molecular weight excluding hydrogens is 348 g/mol. The molecule has 152 valence electrons. The summed E-state index contributed by atoms with van der Waals surface area (Å²) in [6, 6.07) is 0. The van der Waals surface area contributed by atoms with Gasteiger partial charge < -0.3 is 18.7 Å². The number of rotatable bonds is 9. The Hall–Kier alpha value is -0.723. The molecule has 1 aliphatic heterocycles. The SMILES string of the molecule is COC(=O)C[C@@H]1O[C@H](CC=O)C[C@H](O[Si](C(C)C)(C(C)C)C(C)C)[C@H]1C. The van der Waals surface area contributed by atoms with Gasteiger partial charge in [0.05, 0.1) is 31.8 Å². The van der Waals surface area contributed by atoms with Crippen LogP contribution in [0, 0.1) is 5.92 Å². The van der Waals surface area contributed by atoms with Crippen molar-refractivity contribution in [3.05, 3.63) is 0 Å². The molecule has 4 atom stereocenters. The van der Waals surface area contributed by atoms with E-state index in [9.17, 15) is 9.59 Å². The van der Waals surface area contributed by atoms with Crippen LogP contribution >= 0.6 is 0 Å². The van der Waals surface area contributed by atoms with Crippen LogP contribution in [0.2, 0.25) is 16.6 Å². The summed E-state index contributed by atoms with van der Waals surface area (Å²) < 4.78 is 17.9. The zero-order chi connectivity index (χ0) is 20.1. The molecule has 1 saturated heterocycles. The average Bonchev–Trinajstić information content (AvgIpc) is 2.55. The summed E-state index contributed by atoms with van der Waals surface area (Å²) in [6.45, 7) is 15.7. The first-order chi connectivity index (χ1) is 12.1. The van der Waals surface area contributed by atoms with Gasteiger partial charge in [0.1, 0.15) is 6.29 Å². The highest BCUT2D eigenvalue weighted by atomic mass is 28.4. The molecular formula is C20H38O5Si. The van der Waals surface area contributed by atoms with Crippen LogP contribution in [-0.2, 0) is 23.5 Å². The molecule has 1 aliphatic rings. The topological polar surface area (TPSA) is 61.8 Å². The van der Waals surface area contributed by atoms with Crippen molar-refractivity contribution >= 4 is 20.6 Å². The van der Waals surface area contributed by atoms with Crippen molar-refractivity contribution in [1.29, 1.82) is 0 Å². The minimum atomic E-state index is -2.05. The van der Waals surface area contributed by atoms with Crippen molar-refractivity contribution in [2.75, 3.05) is 7.11 Å². The maximum atomic E-state index is 11.8. The van der Waals surface area contributed by atoms with Crippen LogP contribution in [0.5, 0.6) is 0 Å². The number of methoxy groups -OCH3 is 1. The van der Waals surface area contributed by atoms with Crippen molar-refractivity contribution in [3.8, 4) is 0 Å². The third-order valence-electron chi connectivity index (χ3n) is 6.05. The second-order valence-corrected chi connectivity index (χ2v) is 14.0. The smallest absolute Gasteiger partial charge is 0.308 e. The number of esters is 1. The van der Waals surface area contributed by atoms with Gasteiger partial charge in [-0.05, 0) is 23.0 Å². The zero-order valence-corrected chi connectivity index (χ0v) is 18.8. The fourth-order valence-electron chi connectivity index (χ4n) is 4.71. The lowest BCUT2D eigenvalue weighted by atomic mass is 9.88. The summed E-state index contributed by atoms with van der Waals surface area (Å²) in [6.07, 6.45) is 1.67. The maximum Gasteiger partial charge on any atom is 0.308 e. The first-order valence-electron chi connectivity index (χ1n) is 9.93. The normalized spacial score (nSPS) is 27.2. The molecule has 0 aromatic rings. The van der Waals surface area contributed by atoms with Gasteiger partial charge in [0, 0.05) is 12.3 Å². The average molecular weight is 387 g/mol. The Morgan fingerprint density at radius 2 is 1.69 bits per heavy atom. The van der Waals surface area contributed by atoms with E-state index in [4.69, 9.17) is 13.9 Å². The minimum absolute atomic E-state index is 0.00206. The lowest BCUT2D eigenvalue weighted by Gasteiger charge is -2.49. The summed E-state index contributed by atoms with van der Waals surface area (Å²) in [5.74, 6) is -0.201. The summed E-state index contributed by atoms with van der Waals surface area (Å²) in [4.78, 5) is 22.9. The Bertz CT molecular complexity index is 441. The van der Waals surface area contributed by atoms with E-state index in [0.717, 1.165) is 6.29 Å². The summed E-state index contributed by atoms with van der Waals surface area (Å²) in [5, 5.41) is 0. The highest BCUT2D eigenvalue weighted by Gasteiger charge is 2.49. The number of aldehydes is 1. The molecule has 0 N–H and O–H groups in total. The molecule has 0 aromatic heterocycles. The van der Waals surface area contributed by atoms with Crippen molar-refractivity contribution < 1.29 is 23.5 Å². The Kier molecular flexibility index (Phi) is 8.96. The number of carbonyl (C=O) groups is 2. The van der Waals surface area contributed by atoms with Gasteiger partial charge in [-0.15, -0.1) is 0 Å². The monoisotopic (exact) mass is 386 g/mol. The lowest BCUT2D eigenvalue weighted by molar-refractivity contribution is -0.158. The zero-order valence-electron chi connectivity index (χ0n) is 17.8. The molecule has 1 heterocycles. The first-order valence-corrected chi connectivity index (χ1v) is 12.1. The standard InChI is InChI=1S/C20H38O5Si/c1-13(2)26(14(3)4,15(5)6)25-19-11-17(9-10-21)24-18(16(19)7)12-20(22)23-8/h10,13-19H,9,11-12H2,1-8H3/t16-,17+,18-,19-/m0/s1. The van der Waals surface area contributed by atoms with Gasteiger partial charge in [-0.25, -0.2) is 0 Å². The van der Waals surface area contributed by atoms with E-state index in [1.54, 1.807) is 0 Å². The second kappa shape index (κ2) is 9.99. The van der Waals surface area contributed by atoms with Crippen LogP contribution in [0.25, 0.3) is 0 Å². The summed E-state index contributed by atoms with van der Waals surface area (Å²) in [7, 11) is -0.657. The Morgan fingerprint density at radius 1 is 1.15 bits per heavy atom. The fraction of sp³-hybridized carbons (Fsp3) is 0.900. The first kappa shape index (κ1) is 23.3. The van der Waals surface area contributed by atoms with Crippen LogP contribution in [0.4, 0.5) is 0 Å². The fourth-order valence-corrected chi connectivity index (χ4v) is 10.4. The molecule has 5 nitrogen and oxygen atoms in total. The van der Waals surface area contributed by atoms with Crippen LogP contribution < -0.4 is 0 Å². The van der Waals surface area contributed by atoms with Crippen molar-refractivity contribution in [3.63, 3.8) is 0 Å². The van der Waals surface area contributed by atoms with Crippen molar-refractivity contribution in [2.24, 2.45) is 5.92 Å². The molecule has 0 spiro atoms. The van der Waals surface area contributed by atoms with Gasteiger partial charge >= 0.3 is 5.97 Å². The Morgan fingerprint density at radius 3 is 2.12 bits per heavy atom. The number of hydrogen-bond acceptors (Lipinski definition) is 5. The Labute approximate surface area is 160 Å². The van der Waals surface area contributed by atoms with E-state index >= 15 is 0 Å². The predicted octanol–water partition coefficient (Wildman–Crippen LogP) is 4.49. The maximum absolute atomic E-state index is 11.8. The molecule has 26 heavy (non-hydrogen) atoms. The molecule has 0 saturated carbocycles. The van der Waals surface area contributed by atoms with E-state index in [-0.39, 0.29) is 36.6 Å². The highest BCUT2D eigenvalue weighted by Crippen LogP contribution is 2.45. The van der Waals surface area contributed by atoms with Gasteiger partial charge in [-0.2, -0.15) is 0 Å². The number of hydrogen-bond donors (Lipinski definition) is 0. The van der Waals surface area contributed by atoms with E-state index in [2.05, 4.69) is 48.5 Å². The van der Waals surface area contributed by atoms with Gasteiger partial charge in [-0.1, -0.05) is 48.5 Å². The van der Waals surface area contributed by atoms with Gasteiger partial charge in [-0.3, -0.25) is 4.79 Å². The van der Waals surface area contributed by atoms with Crippen LogP contribution in [0.3, 0.4) is 0 Å². The van der Waals surface area contributed by atoms with Crippen molar-refractivity contribution in [2.45, 2.75) is 103 Å². The molecule has 1 fully saturated rings. The predicted molar refractivity (Wildman–Crippen MR) is 106 cm³/mol. The molecule has 6 heteroatoms. The largest absolute Gasteiger partial charge is 0.469 e. The van der Waals surface area contributed by atoms with Crippen LogP contribution in [-0.4, -0.2) is 46.0 Å². The van der Waals surface area contributed by atoms with Crippen LogP contribution in [0.15, 0.2) is 0 Å². The van der Waals surface area contributed by atoms with Crippen molar-refractivity contribution in [1.82, 2.24) is 0 Å². The molecule has 0 aromatic carbocycles. The van der Waals surface area contributed by atoms with Gasteiger partial charge in [0.25, 0.3) is 0 Å². The minimum Gasteiger partial charge on any atom is -0.469 e. The molecule has 0 radical (unpaired) electrons. The van der Waals surface area contributed by atoms with E-state index in [1.165, 1.54) is 7.11 Å². The molecule has 0 aliphatic carbocycles. The molecule has 0 amide bonds. The third-order valence-corrected chi connectivity index (χ3v) is 12.2. The molecule has 1 rings (SSSR count). The van der Waals surface area contributed by atoms with Gasteiger partial charge in [0.15, 0.2) is 0 Å². The van der Waals surface area contributed by atoms with E-state index in [1.807, 2.05) is 0 Å². The summed E-state index contributed by atoms with van der Waals surface area (Å²) >= 11 is 0. The third kappa shape index (κ3) is 5.17. The number of ether oxygens (including phenoxy) is 2. The van der Waals surface area contributed by atoms with E-state index < -0.39 is 8.32 Å². The van der Waals surface area contributed by atoms with Gasteiger partial charge in [0.2, 0.25) is 8.32 Å². The second-order valence-electron chi connectivity index (χ2n) is 8.55. The highest BCUT2D eigenvalue weighted by molar-refractivity contribution is 6.77. The van der Waals surface area contributed by atoms with Crippen LogP contribution in [0.1, 0.15) is 67.7 Å². The quantitative estimate of drug-likeness (QED) is 0.332. The summed E-state index contributed by atoms with van der Waals surface area (Å²) in [5.41, 5.74) is 1.46. The lowest BCUT2D eigenvalue weighted by Crippen LogP contribution is -2.55.